The maximum Gasteiger partial charge on any atom is 0.0695 e. The number of hydrogen-bond acceptors (Lipinski definition) is 2. The van der Waals surface area contributed by atoms with E-state index in [0.717, 1.165) is 19.3 Å². The normalized spacial score (nSPS) is 22.4. The molecule has 0 aromatic rings. The number of aliphatic hydroxyl groups excluding tert-OH is 1. The van der Waals surface area contributed by atoms with E-state index in [2.05, 4.69) is 25.8 Å². The lowest BCUT2D eigenvalue weighted by Gasteiger charge is -2.37. The van der Waals surface area contributed by atoms with Crippen molar-refractivity contribution in [3.63, 3.8) is 0 Å². The highest BCUT2D eigenvalue weighted by Gasteiger charge is 2.27. The Kier molecular flexibility index (Phi) is 7.14. The van der Waals surface area contributed by atoms with Gasteiger partial charge in [0, 0.05) is 12.1 Å². The largest absolute Gasteiger partial charge is 0.391 e. The molecule has 0 spiro atoms. The predicted molar refractivity (Wildman–Crippen MR) is 74.2 cm³/mol. The van der Waals surface area contributed by atoms with Crippen LogP contribution < -0.4 is 0 Å². The van der Waals surface area contributed by atoms with Gasteiger partial charge in [-0.25, -0.2) is 0 Å². The lowest BCUT2D eigenvalue weighted by Crippen LogP contribution is -2.46. The Balaban J connectivity index is 2.53. The van der Waals surface area contributed by atoms with E-state index < -0.39 is 0 Å². The van der Waals surface area contributed by atoms with Crippen LogP contribution in [0.25, 0.3) is 0 Å². The summed E-state index contributed by atoms with van der Waals surface area (Å²) < 4.78 is 0. The van der Waals surface area contributed by atoms with Crippen molar-refractivity contribution in [2.75, 3.05) is 7.05 Å². The molecule has 17 heavy (non-hydrogen) atoms. The summed E-state index contributed by atoms with van der Waals surface area (Å²) in [7, 11) is 2.23. The monoisotopic (exact) mass is 241 g/mol. The molecular weight excluding hydrogens is 210 g/mol. The van der Waals surface area contributed by atoms with Crippen LogP contribution in [0.2, 0.25) is 0 Å². The van der Waals surface area contributed by atoms with Crippen LogP contribution in [0.1, 0.15) is 71.6 Å². The standard InChI is InChI=1S/C15H31NO/c1-4-10-15(17)14(5-2)16(3)13-11-8-6-7-9-12-13/h13-15,17H,4-12H2,1-3H3. The number of likely N-dealkylation sites (N-methyl/N-ethyl adjacent to an activating group) is 1. The molecule has 0 aromatic carbocycles. The van der Waals surface area contributed by atoms with E-state index in [4.69, 9.17) is 0 Å². The smallest absolute Gasteiger partial charge is 0.0695 e. The number of aliphatic hydroxyl groups is 1. The Morgan fingerprint density at radius 3 is 2.18 bits per heavy atom. The van der Waals surface area contributed by atoms with Gasteiger partial charge in [-0.2, -0.15) is 0 Å². The van der Waals surface area contributed by atoms with Crippen LogP contribution in [0.15, 0.2) is 0 Å². The van der Waals surface area contributed by atoms with Crippen LogP contribution in [0.5, 0.6) is 0 Å². The van der Waals surface area contributed by atoms with Crippen LogP contribution in [0.3, 0.4) is 0 Å². The molecular formula is C15H31NO. The van der Waals surface area contributed by atoms with Gasteiger partial charge in [-0.15, -0.1) is 0 Å². The average Bonchev–Trinajstić information content (AvgIpc) is 2.58. The van der Waals surface area contributed by atoms with Crippen LogP contribution in [-0.4, -0.2) is 35.2 Å². The molecule has 1 N–H and O–H groups in total. The third-order valence-corrected chi connectivity index (χ3v) is 4.37. The van der Waals surface area contributed by atoms with Crippen LogP contribution in [0.4, 0.5) is 0 Å². The molecule has 1 aliphatic rings. The summed E-state index contributed by atoms with van der Waals surface area (Å²) in [6.45, 7) is 4.36. The van der Waals surface area contributed by atoms with Crippen molar-refractivity contribution in [2.24, 2.45) is 0 Å². The van der Waals surface area contributed by atoms with Crippen LogP contribution >= 0.6 is 0 Å². The molecule has 2 heteroatoms. The summed E-state index contributed by atoms with van der Waals surface area (Å²) in [5.74, 6) is 0. The summed E-state index contributed by atoms with van der Waals surface area (Å²) in [6.07, 6.45) is 11.1. The molecule has 0 aromatic heterocycles. The molecule has 102 valence electrons. The van der Waals surface area contributed by atoms with Crippen molar-refractivity contribution in [1.82, 2.24) is 4.90 Å². The first kappa shape index (κ1) is 15.0. The Bertz CT molecular complexity index is 187. The van der Waals surface area contributed by atoms with Gasteiger partial charge in [0.05, 0.1) is 6.10 Å². The first-order chi connectivity index (χ1) is 8.20. The van der Waals surface area contributed by atoms with Gasteiger partial charge < -0.3 is 5.11 Å². The lowest BCUT2D eigenvalue weighted by molar-refractivity contribution is 0.0289. The van der Waals surface area contributed by atoms with Crippen LogP contribution in [-0.2, 0) is 0 Å². The number of hydrogen-bond donors (Lipinski definition) is 1. The molecule has 2 atom stereocenters. The van der Waals surface area contributed by atoms with Crippen molar-refractivity contribution < 1.29 is 5.11 Å². The fourth-order valence-electron chi connectivity index (χ4n) is 3.26. The quantitative estimate of drug-likeness (QED) is 0.719. The van der Waals surface area contributed by atoms with Crippen molar-refractivity contribution in [1.29, 1.82) is 0 Å². The van der Waals surface area contributed by atoms with Gasteiger partial charge in [0.15, 0.2) is 0 Å². The van der Waals surface area contributed by atoms with Crippen molar-refractivity contribution in [3.8, 4) is 0 Å². The van der Waals surface area contributed by atoms with Gasteiger partial charge in [-0.1, -0.05) is 46.0 Å². The zero-order valence-electron chi connectivity index (χ0n) is 12.0. The molecule has 0 saturated heterocycles. The Morgan fingerprint density at radius 2 is 1.71 bits per heavy atom. The minimum absolute atomic E-state index is 0.141. The molecule has 0 amide bonds. The molecule has 2 unspecified atom stereocenters. The minimum Gasteiger partial charge on any atom is -0.391 e. The summed E-state index contributed by atoms with van der Waals surface area (Å²) in [6, 6.07) is 1.06. The Hall–Kier alpha value is -0.0800. The van der Waals surface area contributed by atoms with E-state index in [1.807, 2.05) is 0 Å². The second-order valence-corrected chi connectivity index (χ2v) is 5.64. The summed E-state index contributed by atoms with van der Waals surface area (Å²) in [4.78, 5) is 2.48. The van der Waals surface area contributed by atoms with Crippen molar-refractivity contribution >= 4 is 0 Å². The summed E-state index contributed by atoms with van der Waals surface area (Å²) >= 11 is 0. The first-order valence-electron chi connectivity index (χ1n) is 7.60. The predicted octanol–water partition coefficient (Wildman–Crippen LogP) is 3.58. The van der Waals surface area contributed by atoms with E-state index in [1.54, 1.807) is 0 Å². The van der Waals surface area contributed by atoms with Gasteiger partial charge in [0.25, 0.3) is 0 Å². The third-order valence-electron chi connectivity index (χ3n) is 4.37. The highest BCUT2D eigenvalue weighted by molar-refractivity contribution is 4.82. The third kappa shape index (κ3) is 4.59. The van der Waals surface area contributed by atoms with Crippen molar-refractivity contribution in [3.05, 3.63) is 0 Å². The zero-order valence-corrected chi connectivity index (χ0v) is 12.0. The Morgan fingerprint density at radius 1 is 1.12 bits per heavy atom. The minimum atomic E-state index is -0.141. The second-order valence-electron chi connectivity index (χ2n) is 5.64. The molecule has 0 heterocycles. The first-order valence-corrected chi connectivity index (χ1v) is 7.60. The van der Waals surface area contributed by atoms with E-state index in [0.29, 0.717) is 12.1 Å². The number of rotatable bonds is 6. The SMILES string of the molecule is CCCC(O)C(CC)N(C)C1CCCCCC1. The van der Waals surface area contributed by atoms with Gasteiger partial charge in [-0.05, 0) is 32.7 Å². The Labute approximate surface area is 107 Å². The molecule has 1 aliphatic carbocycles. The second kappa shape index (κ2) is 8.10. The van der Waals surface area contributed by atoms with Gasteiger partial charge in [0.1, 0.15) is 0 Å². The van der Waals surface area contributed by atoms with E-state index in [9.17, 15) is 5.11 Å². The maximum absolute atomic E-state index is 10.2. The average molecular weight is 241 g/mol. The summed E-state index contributed by atoms with van der Waals surface area (Å²) in [5, 5.41) is 10.2. The highest BCUT2D eigenvalue weighted by atomic mass is 16.3. The molecule has 2 nitrogen and oxygen atoms in total. The number of nitrogens with zero attached hydrogens (tertiary/aromatic N) is 1. The maximum atomic E-state index is 10.2. The zero-order chi connectivity index (χ0) is 12.7. The van der Waals surface area contributed by atoms with Gasteiger partial charge in [0.2, 0.25) is 0 Å². The van der Waals surface area contributed by atoms with Crippen LogP contribution in [0, 0.1) is 0 Å². The van der Waals surface area contributed by atoms with E-state index in [-0.39, 0.29) is 6.10 Å². The topological polar surface area (TPSA) is 23.5 Å². The van der Waals surface area contributed by atoms with Crippen molar-refractivity contribution in [2.45, 2.75) is 89.8 Å². The van der Waals surface area contributed by atoms with Gasteiger partial charge in [-0.3, -0.25) is 4.90 Å². The summed E-state index contributed by atoms with van der Waals surface area (Å²) in [5.41, 5.74) is 0. The van der Waals surface area contributed by atoms with E-state index >= 15 is 0 Å². The molecule has 1 fully saturated rings. The van der Waals surface area contributed by atoms with Gasteiger partial charge >= 0.3 is 0 Å². The van der Waals surface area contributed by atoms with E-state index in [1.165, 1.54) is 38.5 Å². The lowest BCUT2D eigenvalue weighted by atomic mass is 9.98. The highest BCUT2D eigenvalue weighted by Crippen LogP contribution is 2.24. The molecule has 0 bridgehead atoms. The fraction of sp³-hybridized carbons (Fsp3) is 1.00. The fourth-order valence-corrected chi connectivity index (χ4v) is 3.26. The molecule has 0 radical (unpaired) electrons. The molecule has 1 saturated carbocycles. The molecule has 0 aliphatic heterocycles. The molecule has 1 rings (SSSR count).